The molecule has 0 spiro atoms. The molecule has 1 saturated heterocycles. The van der Waals surface area contributed by atoms with Gasteiger partial charge in [-0.15, -0.1) is 0 Å². The molecule has 4 atom stereocenters. The van der Waals surface area contributed by atoms with Gasteiger partial charge in [0, 0.05) is 16.6 Å². The Bertz CT molecular complexity index is 1180. The molecule has 3 aliphatic rings. The summed E-state index contributed by atoms with van der Waals surface area (Å²) >= 11 is 2.10. The summed E-state index contributed by atoms with van der Waals surface area (Å²) < 4.78 is 88.3. The summed E-state index contributed by atoms with van der Waals surface area (Å²) in [5, 5.41) is -2.09. The van der Waals surface area contributed by atoms with E-state index >= 15 is 0 Å². The molecule has 2 saturated carbocycles. The van der Waals surface area contributed by atoms with Gasteiger partial charge in [0.15, 0.2) is 0 Å². The van der Waals surface area contributed by atoms with Crippen molar-refractivity contribution in [2.75, 3.05) is 12.4 Å². The highest BCUT2D eigenvalue weighted by atomic mass is 32.2. The summed E-state index contributed by atoms with van der Waals surface area (Å²) in [7, 11) is -6.10. The van der Waals surface area contributed by atoms with Crippen LogP contribution < -0.4 is 4.74 Å². The number of hydrogen-bond donors (Lipinski definition) is 1. The second kappa shape index (κ2) is 11.3. The van der Waals surface area contributed by atoms with E-state index in [-0.39, 0.29) is 12.3 Å². The number of benzene rings is 2. The van der Waals surface area contributed by atoms with Gasteiger partial charge < -0.3 is 4.74 Å². The molecule has 0 amide bonds. The van der Waals surface area contributed by atoms with Crippen molar-refractivity contribution in [1.29, 1.82) is 0 Å². The van der Waals surface area contributed by atoms with E-state index in [1.54, 1.807) is 0 Å². The molecule has 1 aliphatic heterocycles. The quantitative estimate of drug-likeness (QED) is 0.200. The minimum absolute atomic E-state index is 0.0203. The molecule has 0 aromatic heterocycles. The molecule has 4 nitrogen and oxygen atoms in total. The average Bonchev–Trinajstić information content (AvgIpc) is 3.63. The van der Waals surface area contributed by atoms with E-state index in [4.69, 9.17) is 9.29 Å². The largest absolute Gasteiger partial charge is 0.493 e. The predicted octanol–water partition coefficient (Wildman–Crippen LogP) is 8.13. The zero-order chi connectivity index (χ0) is 26.8. The van der Waals surface area contributed by atoms with Gasteiger partial charge in [-0.05, 0) is 73.1 Å². The fraction of sp³-hybridized carbons (Fsp3) is 0.630. The van der Waals surface area contributed by atoms with Gasteiger partial charge in [0.05, 0.1) is 6.61 Å². The maximum Gasteiger partial charge on any atom is 0.431 e. The van der Waals surface area contributed by atoms with Crippen LogP contribution in [0.2, 0.25) is 0 Å². The van der Waals surface area contributed by atoms with Crippen molar-refractivity contribution in [3.63, 3.8) is 0 Å². The first kappa shape index (κ1) is 28.5. The van der Waals surface area contributed by atoms with Gasteiger partial charge >= 0.3 is 21.3 Å². The van der Waals surface area contributed by atoms with Crippen LogP contribution in [0.15, 0.2) is 36.4 Å². The Morgan fingerprint density at radius 3 is 2.32 bits per heavy atom. The SMILES string of the molecule is CCCCOc1ccc(C2CCCS2)c2ccccc12.O=S(=O)(O)C(F)(F)C(F)(F)C1CC2CCC1C2. The molecular weight excluding hydrogens is 528 g/mol. The van der Waals surface area contributed by atoms with Crippen LogP contribution in [0.4, 0.5) is 17.6 Å². The Kier molecular flexibility index (Phi) is 8.70. The zero-order valence-electron chi connectivity index (χ0n) is 20.8. The summed E-state index contributed by atoms with van der Waals surface area (Å²) in [4.78, 5) is 0. The molecule has 2 aliphatic carbocycles. The topological polar surface area (TPSA) is 63.6 Å². The van der Waals surface area contributed by atoms with Crippen molar-refractivity contribution < 1.29 is 35.3 Å². The molecule has 4 unspecified atom stereocenters. The highest BCUT2D eigenvalue weighted by molar-refractivity contribution is 7.99. The Labute approximate surface area is 220 Å². The standard InChI is InChI=1S/C18H22OS.C9H12F4O3S/c1-2-3-12-19-17-11-10-16(18-9-6-13-20-18)14-7-4-5-8-15(14)17;10-8(11,9(12,13)17(14,15)16)7-4-5-1-2-6(7)3-5/h4-5,7-8,10-11,18H,2-3,6,9,12-13H2,1H3;5-7H,1-4H2,(H,14,15,16). The van der Waals surface area contributed by atoms with Crippen molar-refractivity contribution in [2.45, 2.75) is 74.7 Å². The van der Waals surface area contributed by atoms with Gasteiger partial charge in [-0.1, -0.05) is 50.1 Å². The normalized spacial score (nSPS) is 25.8. The second-order valence-corrected chi connectivity index (χ2v) is 13.1. The van der Waals surface area contributed by atoms with Gasteiger partial charge in [0.1, 0.15) is 5.75 Å². The van der Waals surface area contributed by atoms with Crippen LogP contribution in [0.3, 0.4) is 0 Å². The van der Waals surface area contributed by atoms with Crippen LogP contribution in [0, 0.1) is 17.8 Å². The van der Waals surface area contributed by atoms with Crippen molar-refractivity contribution in [3.8, 4) is 5.75 Å². The molecular formula is C27H34F4O4S2. The number of rotatable bonds is 8. The number of unbranched alkanes of at least 4 members (excludes halogenated alkanes) is 1. The highest BCUT2D eigenvalue weighted by Crippen LogP contribution is 2.58. The van der Waals surface area contributed by atoms with Gasteiger partial charge in [-0.2, -0.15) is 37.7 Å². The Morgan fingerprint density at radius 1 is 1.03 bits per heavy atom. The van der Waals surface area contributed by atoms with Crippen LogP contribution in [0.5, 0.6) is 5.75 Å². The smallest absolute Gasteiger partial charge is 0.431 e. The maximum absolute atomic E-state index is 13.6. The minimum Gasteiger partial charge on any atom is -0.493 e. The van der Waals surface area contributed by atoms with Crippen LogP contribution in [0.25, 0.3) is 10.8 Å². The average molecular weight is 563 g/mol. The first-order valence-corrected chi connectivity index (χ1v) is 15.4. The Balaban J connectivity index is 0.000000176. The molecule has 3 fully saturated rings. The third-order valence-corrected chi connectivity index (χ3v) is 10.2. The van der Waals surface area contributed by atoms with Gasteiger partial charge in [-0.25, -0.2) is 0 Å². The van der Waals surface area contributed by atoms with E-state index in [0.29, 0.717) is 18.1 Å². The number of ether oxygens (including phenoxy) is 1. The van der Waals surface area contributed by atoms with Crippen LogP contribution >= 0.6 is 11.8 Å². The summed E-state index contributed by atoms with van der Waals surface area (Å²) in [5.74, 6) is -4.61. The van der Waals surface area contributed by atoms with Crippen molar-refractivity contribution in [2.24, 2.45) is 17.8 Å². The van der Waals surface area contributed by atoms with Crippen molar-refractivity contribution in [1.82, 2.24) is 0 Å². The first-order chi connectivity index (χ1) is 17.5. The third-order valence-electron chi connectivity index (χ3n) is 7.87. The number of hydrogen-bond acceptors (Lipinski definition) is 4. The Morgan fingerprint density at radius 2 is 1.76 bits per heavy atom. The van der Waals surface area contributed by atoms with Crippen molar-refractivity contribution in [3.05, 3.63) is 42.0 Å². The van der Waals surface area contributed by atoms with Crippen LogP contribution in [-0.4, -0.2) is 36.5 Å². The molecule has 10 heteroatoms. The molecule has 5 rings (SSSR count). The monoisotopic (exact) mass is 562 g/mol. The summed E-state index contributed by atoms with van der Waals surface area (Å²) in [6.45, 7) is 3.01. The van der Waals surface area contributed by atoms with Gasteiger partial charge in [0.25, 0.3) is 0 Å². The van der Waals surface area contributed by atoms with E-state index in [9.17, 15) is 26.0 Å². The van der Waals surface area contributed by atoms with Gasteiger partial charge in [-0.3, -0.25) is 4.55 Å². The third kappa shape index (κ3) is 5.76. The highest BCUT2D eigenvalue weighted by Gasteiger charge is 2.71. The summed E-state index contributed by atoms with van der Waals surface area (Å²) in [5.41, 5.74) is 1.49. The lowest BCUT2D eigenvalue weighted by molar-refractivity contribution is -0.202. The van der Waals surface area contributed by atoms with E-state index in [2.05, 4.69) is 55.1 Å². The maximum atomic E-state index is 13.6. The summed E-state index contributed by atoms with van der Waals surface area (Å²) in [6, 6.07) is 13.1. The molecule has 2 bridgehead atoms. The molecule has 37 heavy (non-hydrogen) atoms. The summed E-state index contributed by atoms with van der Waals surface area (Å²) in [6.07, 6.45) is 6.46. The molecule has 0 radical (unpaired) electrons. The first-order valence-electron chi connectivity index (χ1n) is 13.0. The lowest BCUT2D eigenvalue weighted by Crippen LogP contribution is -2.52. The van der Waals surface area contributed by atoms with E-state index in [1.807, 2.05) is 0 Å². The fourth-order valence-electron chi connectivity index (χ4n) is 5.93. The molecule has 1 heterocycles. The predicted molar refractivity (Wildman–Crippen MR) is 139 cm³/mol. The lowest BCUT2D eigenvalue weighted by Gasteiger charge is -2.33. The van der Waals surface area contributed by atoms with Crippen LogP contribution in [0.1, 0.15) is 69.1 Å². The fourth-order valence-corrected chi connectivity index (χ4v) is 7.76. The molecule has 1 N–H and O–H groups in total. The van der Waals surface area contributed by atoms with E-state index < -0.39 is 33.1 Å². The zero-order valence-corrected chi connectivity index (χ0v) is 22.5. The second-order valence-electron chi connectivity index (χ2n) is 10.3. The lowest BCUT2D eigenvalue weighted by atomic mass is 9.84. The van der Waals surface area contributed by atoms with E-state index in [1.165, 1.54) is 41.4 Å². The van der Waals surface area contributed by atoms with Crippen LogP contribution in [-0.2, 0) is 10.1 Å². The minimum atomic E-state index is -6.10. The number of alkyl halides is 4. The van der Waals surface area contributed by atoms with Crippen molar-refractivity contribution >= 4 is 32.7 Å². The molecule has 206 valence electrons. The number of thioether (sulfide) groups is 1. The van der Waals surface area contributed by atoms with E-state index in [0.717, 1.165) is 25.2 Å². The molecule has 2 aromatic rings. The van der Waals surface area contributed by atoms with Gasteiger partial charge in [0.2, 0.25) is 0 Å². The molecule has 2 aromatic carbocycles. The number of halogens is 4. The number of fused-ring (bicyclic) bond motifs is 3. The Hall–Kier alpha value is -1.52.